The molecule has 2 N–H and O–H groups in total. The minimum Gasteiger partial charge on any atom is -0.399 e. The van der Waals surface area contributed by atoms with Gasteiger partial charge in [-0.1, -0.05) is 63.6 Å². The molecule has 0 bridgehead atoms. The number of benzene rings is 1. The molecule has 1 nitrogen and oxygen atoms in total. The van der Waals surface area contributed by atoms with E-state index in [2.05, 4.69) is 19.1 Å². The van der Waals surface area contributed by atoms with Crippen LogP contribution >= 0.6 is 12.4 Å². The Bertz CT molecular complexity index is 356. The highest BCUT2D eigenvalue weighted by Gasteiger charge is 2.20. The number of rotatable bonds is 5. The lowest BCUT2D eigenvalue weighted by Crippen LogP contribution is -2.15. The molecule has 0 aliphatic heterocycles. The molecule has 1 saturated carbocycles. The van der Waals surface area contributed by atoms with Gasteiger partial charge in [0.05, 0.1) is 0 Å². The normalized spacial score (nSPS) is 22.8. The molecule has 2 rings (SSSR count). The Morgan fingerprint density at radius 3 is 2.16 bits per heavy atom. The Hall–Kier alpha value is -0.690. The SMILES string of the molecule is CCC[C@H]1CC[C@H](CCc2ccccc2N)CC1.Cl. The van der Waals surface area contributed by atoms with Gasteiger partial charge >= 0.3 is 0 Å². The largest absolute Gasteiger partial charge is 0.399 e. The Morgan fingerprint density at radius 2 is 1.58 bits per heavy atom. The first kappa shape index (κ1) is 16.4. The minimum absolute atomic E-state index is 0. The maximum Gasteiger partial charge on any atom is 0.0346 e. The van der Waals surface area contributed by atoms with Gasteiger partial charge in [0.1, 0.15) is 0 Å². The van der Waals surface area contributed by atoms with E-state index in [0.29, 0.717) is 0 Å². The van der Waals surface area contributed by atoms with Crippen LogP contribution < -0.4 is 5.73 Å². The Labute approximate surface area is 124 Å². The van der Waals surface area contributed by atoms with Crippen LogP contribution in [-0.4, -0.2) is 0 Å². The summed E-state index contributed by atoms with van der Waals surface area (Å²) in [6.07, 6.45) is 11.1. The molecule has 0 spiro atoms. The number of hydrogen-bond donors (Lipinski definition) is 1. The molecule has 1 aromatic rings. The third kappa shape index (κ3) is 5.06. The summed E-state index contributed by atoms with van der Waals surface area (Å²) in [4.78, 5) is 0. The fraction of sp³-hybridized carbons (Fsp3) is 0.647. The second-order valence-corrected chi connectivity index (χ2v) is 5.91. The third-order valence-electron chi connectivity index (χ3n) is 4.54. The van der Waals surface area contributed by atoms with Crippen molar-refractivity contribution in [3.63, 3.8) is 0 Å². The molecule has 1 aliphatic carbocycles. The van der Waals surface area contributed by atoms with Gasteiger partial charge in [-0.05, 0) is 36.3 Å². The summed E-state index contributed by atoms with van der Waals surface area (Å²) in [7, 11) is 0. The molecular weight excluding hydrogens is 254 g/mol. The van der Waals surface area contributed by atoms with Crippen molar-refractivity contribution in [2.24, 2.45) is 11.8 Å². The first-order valence-corrected chi connectivity index (χ1v) is 7.63. The van der Waals surface area contributed by atoms with Crippen LogP contribution in [0, 0.1) is 11.8 Å². The molecule has 0 amide bonds. The number of nitrogen functional groups attached to an aromatic ring is 1. The molecule has 0 radical (unpaired) electrons. The third-order valence-corrected chi connectivity index (χ3v) is 4.54. The van der Waals surface area contributed by atoms with Crippen molar-refractivity contribution in [1.82, 2.24) is 0 Å². The minimum atomic E-state index is 0. The summed E-state index contributed by atoms with van der Waals surface area (Å²) >= 11 is 0. The maximum atomic E-state index is 6.00. The first-order valence-electron chi connectivity index (χ1n) is 7.63. The van der Waals surface area contributed by atoms with Gasteiger partial charge in [0.15, 0.2) is 0 Å². The average Bonchev–Trinajstić information content (AvgIpc) is 2.40. The van der Waals surface area contributed by atoms with E-state index in [-0.39, 0.29) is 12.4 Å². The highest BCUT2D eigenvalue weighted by molar-refractivity contribution is 5.85. The Morgan fingerprint density at radius 1 is 1.00 bits per heavy atom. The standard InChI is InChI=1S/C17H27N.ClH/c1-2-5-14-8-10-15(11-9-14)12-13-16-6-3-4-7-17(16)18;/h3-4,6-7,14-15H,2,5,8-13,18H2,1H3;1H/t14-,15-;. The van der Waals surface area contributed by atoms with Crippen molar-refractivity contribution in [1.29, 1.82) is 0 Å². The fourth-order valence-electron chi connectivity index (χ4n) is 3.34. The van der Waals surface area contributed by atoms with Gasteiger partial charge in [0, 0.05) is 5.69 Å². The molecule has 0 saturated heterocycles. The topological polar surface area (TPSA) is 26.0 Å². The summed E-state index contributed by atoms with van der Waals surface area (Å²) in [5, 5.41) is 0. The number of para-hydroxylation sites is 1. The van der Waals surface area contributed by atoms with E-state index in [1.807, 2.05) is 12.1 Å². The summed E-state index contributed by atoms with van der Waals surface area (Å²) in [6.45, 7) is 2.31. The molecule has 0 unspecified atom stereocenters. The molecule has 19 heavy (non-hydrogen) atoms. The highest BCUT2D eigenvalue weighted by atomic mass is 35.5. The van der Waals surface area contributed by atoms with Crippen LogP contribution in [0.4, 0.5) is 5.69 Å². The van der Waals surface area contributed by atoms with Gasteiger partial charge in [-0.3, -0.25) is 0 Å². The molecule has 0 aromatic heterocycles. The van der Waals surface area contributed by atoms with Crippen LogP contribution in [0.15, 0.2) is 24.3 Å². The summed E-state index contributed by atoms with van der Waals surface area (Å²) in [5.74, 6) is 1.96. The van der Waals surface area contributed by atoms with E-state index in [4.69, 9.17) is 5.73 Å². The zero-order chi connectivity index (χ0) is 12.8. The lowest BCUT2D eigenvalue weighted by Gasteiger charge is -2.28. The predicted octanol–water partition coefficient (Wildman–Crippen LogP) is 5.23. The summed E-state index contributed by atoms with van der Waals surface area (Å²) < 4.78 is 0. The van der Waals surface area contributed by atoms with E-state index < -0.39 is 0 Å². The molecule has 0 heterocycles. The van der Waals surface area contributed by atoms with Gasteiger partial charge in [0.25, 0.3) is 0 Å². The average molecular weight is 282 g/mol. The lowest BCUT2D eigenvalue weighted by molar-refractivity contribution is 0.252. The van der Waals surface area contributed by atoms with Crippen LogP contribution in [0.5, 0.6) is 0 Å². The Balaban J connectivity index is 0.00000180. The number of aryl methyl sites for hydroxylation is 1. The van der Waals surface area contributed by atoms with Crippen LogP contribution in [-0.2, 0) is 6.42 Å². The van der Waals surface area contributed by atoms with Gasteiger partial charge in [0.2, 0.25) is 0 Å². The molecule has 2 heteroatoms. The van der Waals surface area contributed by atoms with Gasteiger partial charge in [-0.15, -0.1) is 12.4 Å². The lowest BCUT2D eigenvalue weighted by atomic mass is 9.78. The van der Waals surface area contributed by atoms with Crippen molar-refractivity contribution < 1.29 is 0 Å². The predicted molar refractivity (Wildman–Crippen MR) is 86.8 cm³/mol. The molecule has 1 aromatic carbocycles. The van der Waals surface area contributed by atoms with Crippen LogP contribution in [0.3, 0.4) is 0 Å². The second-order valence-electron chi connectivity index (χ2n) is 5.91. The van der Waals surface area contributed by atoms with Gasteiger partial charge < -0.3 is 5.73 Å². The Kier molecular flexibility index (Phi) is 7.30. The fourth-order valence-corrected chi connectivity index (χ4v) is 3.34. The molecule has 0 atom stereocenters. The van der Waals surface area contributed by atoms with Crippen molar-refractivity contribution >= 4 is 18.1 Å². The van der Waals surface area contributed by atoms with E-state index in [0.717, 1.165) is 23.9 Å². The van der Waals surface area contributed by atoms with E-state index >= 15 is 0 Å². The molecule has 1 aliphatic rings. The highest BCUT2D eigenvalue weighted by Crippen LogP contribution is 2.34. The first-order chi connectivity index (χ1) is 8.79. The number of anilines is 1. The summed E-state index contributed by atoms with van der Waals surface area (Å²) in [6, 6.07) is 8.32. The number of halogens is 1. The summed E-state index contributed by atoms with van der Waals surface area (Å²) in [5.41, 5.74) is 8.31. The van der Waals surface area contributed by atoms with E-state index in [9.17, 15) is 0 Å². The van der Waals surface area contributed by atoms with Gasteiger partial charge in [-0.2, -0.15) is 0 Å². The molecular formula is C17H28ClN. The monoisotopic (exact) mass is 281 g/mol. The molecule has 1 fully saturated rings. The quantitative estimate of drug-likeness (QED) is 0.735. The smallest absolute Gasteiger partial charge is 0.0346 e. The van der Waals surface area contributed by atoms with Crippen molar-refractivity contribution in [3.8, 4) is 0 Å². The maximum absolute atomic E-state index is 6.00. The van der Waals surface area contributed by atoms with Crippen LogP contribution in [0.2, 0.25) is 0 Å². The van der Waals surface area contributed by atoms with Crippen LogP contribution in [0.1, 0.15) is 57.4 Å². The van der Waals surface area contributed by atoms with Crippen molar-refractivity contribution in [2.75, 3.05) is 5.73 Å². The zero-order valence-corrected chi connectivity index (χ0v) is 12.9. The van der Waals surface area contributed by atoms with Crippen molar-refractivity contribution in [3.05, 3.63) is 29.8 Å². The number of nitrogens with two attached hydrogens (primary N) is 1. The van der Waals surface area contributed by atoms with E-state index in [1.54, 1.807) is 0 Å². The number of hydrogen-bond acceptors (Lipinski definition) is 1. The van der Waals surface area contributed by atoms with Gasteiger partial charge in [-0.25, -0.2) is 0 Å². The van der Waals surface area contributed by atoms with E-state index in [1.165, 1.54) is 50.5 Å². The molecule has 108 valence electrons. The second kappa shape index (κ2) is 8.47. The zero-order valence-electron chi connectivity index (χ0n) is 12.1. The van der Waals surface area contributed by atoms with Crippen molar-refractivity contribution in [2.45, 2.75) is 58.3 Å². The van der Waals surface area contributed by atoms with Crippen LogP contribution in [0.25, 0.3) is 0 Å².